The molecule has 2 rings (SSSR count). The number of hydrogen-bond acceptors (Lipinski definition) is 5. The van der Waals surface area contributed by atoms with Gasteiger partial charge in [0.25, 0.3) is 5.91 Å². The van der Waals surface area contributed by atoms with E-state index in [1.54, 1.807) is 0 Å². The zero-order chi connectivity index (χ0) is 13.8. The molecule has 0 aromatic carbocycles. The van der Waals surface area contributed by atoms with Crippen LogP contribution in [-0.2, 0) is 0 Å². The maximum atomic E-state index is 11.8. The number of carbonyl (C=O) groups excluding carboxylic acids is 1. The third-order valence-corrected chi connectivity index (χ3v) is 2.18. The van der Waals surface area contributed by atoms with Gasteiger partial charge in [0.05, 0.1) is 5.56 Å². The quantitative estimate of drug-likeness (QED) is 0.719. The highest BCUT2D eigenvalue weighted by Crippen LogP contribution is 2.09. The average molecular weight is 260 g/mol. The summed E-state index contributed by atoms with van der Waals surface area (Å²) < 4.78 is 0. The van der Waals surface area contributed by atoms with Crippen molar-refractivity contribution in [3.63, 3.8) is 0 Å². The third kappa shape index (κ3) is 2.80. The molecule has 96 valence electrons. The van der Waals surface area contributed by atoms with Gasteiger partial charge in [-0.1, -0.05) is 0 Å². The van der Waals surface area contributed by atoms with E-state index < -0.39 is 11.9 Å². The van der Waals surface area contributed by atoms with E-state index in [1.807, 2.05) is 0 Å². The Labute approximate surface area is 106 Å². The van der Waals surface area contributed by atoms with E-state index in [9.17, 15) is 14.4 Å². The van der Waals surface area contributed by atoms with Crippen molar-refractivity contribution >= 4 is 17.7 Å². The topological polar surface area (TPSA) is 125 Å². The molecule has 0 saturated heterocycles. The van der Waals surface area contributed by atoms with Gasteiger partial charge in [-0.25, -0.2) is 14.8 Å². The number of anilines is 1. The van der Waals surface area contributed by atoms with Gasteiger partial charge in [0.2, 0.25) is 5.56 Å². The summed E-state index contributed by atoms with van der Waals surface area (Å²) in [4.78, 5) is 43.2. The van der Waals surface area contributed by atoms with Crippen molar-refractivity contribution in [2.45, 2.75) is 0 Å². The number of nitrogens with one attached hydrogen (secondary N) is 2. The van der Waals surface area contributed by atoms with Crippen LogP contribution in [0, 0.1) is 0 Å². The lowest BCUT2D eigenvalue weighted by atomic mass is 10.2. The zero-order valence-electron chi connectivity index (χ0n) is 9.45. The fourth-order valence-corrected chi connectivity index (χ4v) is 1.32. The highest BCUT2D eigenvalue weighted by Gasteiger charge is 2.15. The molecule has 3 N–H and O–H groups in total. The van der Waals surface area contributed by atoms with Crippen LogP contribution in [0.2, 0.25) is 0 Å². The summed E-state index contributed by atoms with van der Waals surface area (Å²) in [5.74, 6) is -2.06. The van der Waals surface area contributed by atoms with Gasteiger partial charge in [0, 0.05) is 24.7 Å². The number of amides is 1. The van der Waals surface area contributed by atoms with Crippen molar-refractivity contribution in [2.24, 2.45) is 0 Å². The van der Waals surface area contributed by atoms with Crippen LogP contribution in [0.3, 0.4) is 0 Å². The summed E-state index contributed by atoms with van der Waals surface area (Å²) in [6, 6.07) is 2.49. The Hall–Kier alpha value is -3.03. The lowest BCUT2D eigenvalue weighted by Crippen LogP contribution is -2.18. The molecule has 2 heterocycles. The Balaban J connectivity index is 2.26. The van der Waals surface area contributed by atoms with E-state index in [2.05, 4.69) is 20.3 Å². The maximum Gasteiger partial charge on any atom is 0.358 e. The van der Waals surface area contributed by atoms with Crippen LogP contribution in [0.25, 0.3) is 0 Å². The van der Waals surface area contributed by atoms with E-state index in [1.165, 1.54) is 30.7 Å². The van der Waals surface area contributed by atoms with Gasteiger partial charge >= 0.3 is 5.97 Å². The fourth-order valence-electron chi connectivity index (χ4n) is 1.32. The predicted octanol–water partition coefficient (Wildman–Crippen LogP) is 0.115. The third-order valence-electron chi connectivity index (χ3n) is 2.18. The Morgan fingerprint density at radius 1 is 1.21 bits per heavy atom. The molecule has 1 amide bonds. The van der Waals surface area contributed by atoms with Crippen molar-refractivity contribution in [1.82, 2.24) is 15.0 Å². The molecule has 0 aliphatic carbocycles. The molecule has 0 spiro atoms. The first-order valence-electron chi connectivity index (χ1n) is 5.12. The van der Waals surface area contributed by atoms with E-state index in [-0.39, 0.29) is 22.6 Å². The molecule has 0 atom stereocenters. The van der Waals surface area contributed by atoms with Gasteiger partial charge in [-0.15, -0.1) is 0 Å². The molecule has 0 aliphatic heterocycles. The molecule has 8 heteroatoms. The Morgan fingerprint density at radius 3 is 2.58 bits per heavy atom. The lowest BCUT2D eigenvalue weighted by Gasteiger charge is -2.05. The molecule has 0 unspecified atom stereocenters. The van der Waals surface area contributed by atoms with Gasteiger partial charge in [-0.05, 0) is 6.07 Å². The monoisotopic (exact) mass is 260 g/mol. The van der Waals surface area contributed by atoms with Gasteiger partial charge in [0.1, 0.15) is 0 Å². The van der Waals surface area contributed by atoms with Crippen molar-refractivity contribution in [2.75, 3.05) is 5.32 Å². The number of H-pyrrole nitrogens is 1. The summed E-state index contributed by atoms with van der Waals surface area (Å²) in [6.07, 6.45) is 3.68. The van der Waals surface area contributed by atoms with Crippen LogP contribution in [0.5, 0.6) is 0 Å². The smallest absolute Gasteiger partial charge is 0.358 e. The molecule has 0 saturated carbocycles. The summed E-state index contributed by atoms with van der Waals surface area (Å²) in [5.41, 5.74) is -0.538. The van der Waals surface area contributed by atoms with Crippen molar-refractivity contribution in [3.8, 4) is 0 Å². The minimum absolute atomic E-state index is 0.161. The molecular weight excluding hydrogens is 252 g/mol. The molecule has 0 bridgehead atoms. The predicted molar refractivity (Wildman–Crippen MR) is 64.0 cm³/mol. The first kappa shape index (κ1) is 12.4. The number of aromatic carboxylic acids is 1. The van der Waals surface area contributed by atoms with E-state index in [0.29, 0.717) is 0 Å². The first-order chi connectivity index (χ1) is 9.08. The van der Waals surface area contributed by atoms with E-state index >= 15 is 0 Å². The number of carbonyl (C=O) groups is 2. The molecule has 19 heavy (non-hydrogen) atoms. The summed E-state index contributed by atoms with van der Waals surface area (Å²) in [7, 11) is 0. The Kier molecular flexibility index (Phi) is 3.33. The molecule has 8 nitrogen and oxygen atoms in total. The number of rotatable bonds is 3. The van der Waals surface area contributed by atoms with Crippen molar-refractivity contribution in [3.05, 3.63) is 52.3 Å². The number of carboxylic acids is 1. The van der Waals surface area contributed by atoms with Gasteiger partial charge < -0.3 is 15.4 Å². The second-order valence-corrected chi connectivity index (χ2v) is 3.45. The Morgan fingerprint density at radius 2 is 1.95 bits per heavy atom. The largest absolute Gasteiger partial charge is 0.476 e. The molecule has 2 aromatic rings. The highest BCUT2D eigenvalue weighted by atomic mass is 16.4. The number of nitrogens with zero attached hydrogens (tertiary/aromatic N) is 2. The number of pyridine rings is 1. The second kappa shape index (κ2) is 5.08. The number of aromatic amines is 1. The number of aromatic nitrogens is 3. The molecule has 0 aliphatic rings. The SMILES string of the molecule is O=C(Nc1nccnc1C(=O)O)c1ccc(=O)[nH]c1. The minimum atomic E-state index is -1.30. The molecule has 0 radical (unpaired) electrons. The van der Waals surface area contributed by atoms with Crippen LogP contribution >= 0.6 is 0 Å². The van der Waals surface area contributed by atoms with Crippen LogP contribution < -0.4 is 10.9 Å². The maximum absolute atomic E-state index is 11.8. The van der Waals surface area contributed by atoms with Gasteiger partial charge in [0.15, 0.2) is 11.5 Å². The van der Waals surface area contributed by atoms with Crippen LogP contribution in [0.4, 0.5) is 5.82 Å². The summed E-state index contributed by atoms with van der Waals surface area (Å²) in [5, 5.41) is 11.2. The highest BCUT2D eigenvalue weighted by molar-refractivity contribution is 6.06. The van der Waals surface area contributed by atoms with Crippen LogP contribution in [-0.4, -0.2) is 31.9 Å². The van der Waals surface area contributed by atoms with Gasteiger partial charge in [-0.3, -0.25) is 9.59 Å². The lowest BCUT2D eigenvalue weighted by molar-refractivity contribution is 0.0691. The zero-order valence-corrected chi connectivity index (χ0v) is 9.45. The number of hydrogen-bond donors (Lipinski definition) is 3. The number of carboxylic acid groups (broad SMARTS) is 1. The molecule has 2 aromatic heterocycles. The average Bonchev–Trinajstić information content (AvgIpc) is 2.39. The second-order valence-electron chi connectivity index (χ2n) is 3.45. The van der Waals surface area contributed by atoms with E-state index in [0.717, 1.165) is 0 Å². The normalized spacial score (nSPS) is 9.89. The van der Waals surface area contributed by atoms with Crippen LogP contribution in [0.1, 0.15) is 20.8 Å². The minimum Gasteiger partial charge on any atom is -0.476 e. The standard InChI is InChI=1S/C11H8N4O4/c16-7-2-1-6(5-14-7)10(17)15-9-8(11(18)19)12-3-4-13-9/h1-5H,(H,14,16)(H,18,19)(H,13,15,17). The van der Waals surface area contributed by atoms with Crippen LogP contribution in [0.15, 0.2) is 35.5 Å². The van der Waals surface area contributed by atoms with Crippen molar-refractivity contribution in [1.29, 1.82) is 0 Å². The fraction of sp³-hybridized carbons (Fsp3) is 0. The summed E-state index contributed by atoms with van der Waals surface area (Å²) in [6.45, 7) is 0. The molecule has 0 fully saturated rings. The molecular formula is C11H8N4O4. The van der Waals surface area contributed by atoms with Gasteiger partial charge in [-0.2, -0.15) is 0 Å². The summed E-state index contributed by atoms with van der Waals surface area (Å²) >= 11 is 0. The van der Waals surface area contributed by atoms with E-state index in [4.69, 9.17) is 5.11 Å². The Bertz CT molecular complexity index is 675. The first-order valence-corrected chi connectivity index (χ1v) is 5.12. The van der Waals surface area contributed by atoms with Crippen molar-refractivity contribution < 1.29 is 14.7 Å².